The number of rotatable bonds is 1. The van der Waals surface area contributed by atoms with Gasteiger partial charge in [0.05, 0.1) is 5.69 Å². The Morgan fingerprint density at radius 1 is 1.32 bits per heavy atom. The second-order valence-electron chi connectivity index (χ2n) is 4.86. The molecule has 0 aromatic carbocycles. The SMILES string of the molecule is Cc1ccnc(C2CCCc3ccc(Cl)nc3O2)c1. The molecule has 0 radical (unpaired) electrons. The van der Waals surface area contributed by atoms with Gasteiger partial charge in [-0.2, -0.15) is 0 Å². The lowest BCUT2D eigenvalue weighted by atomic mass is 10.1. The van der Waals surface area contributed by atoms with Gasteiger partial charge in [0.1, 0.15) is 11.3 Å². The standard InChI is InChI=1S/C15H15ClN2O/c1-10-7-8-17-12(9-10)13-4-2-3-11-5-6-14(16)18-15(11)19-13/h5-9,13H,2-4H2,1H3. The molecule has 0 spiro atoms. The predicted molar refractivity (Wildman–Crippen MR) is 74.5 cm³/mol. The van der Waals surface area contributed by atoms with Crippen molar-refractivity contribution < 1.29 is 4.74 Å². The Labute approximate surface area is 117 Å². The summed E-state index contributed by atoms with van der Waals surface area (Å²) in [6.07, 6.45) is 4.78. The average Bonchev–Trinajstić information content (AvgIpc) is 2.60. The van der Waals surface area contributed by atoms with E-state index in [0.29, 0.717) is 11.0 Å². The lowest BCUT2D eigenvalue weighted by Crippen LogP contribution is -2.09. The molecule has 19 heavy (non-hydrogen) atoms. The first kappa shape index (κ1) is 12.4. The van der Waals surface area contributed by atoms with E-state index >= 15 is 0 Å². The van der Waals surface area contributed by atoms with E-state index in [2.05, 4.69) is 23.0 Å². The lowest BCUT2D eigenvalue weighted by Gasteiger charge is -2.16. The Bertz CT molecular complexity index is 600. The molecule has 4 heteroatoms. The molecule has 3 rings (SSSR count). The molecule has 1 unspecified atom stereocenters. The number of fused-ring (bicyclic) bond motifs is 1. The van der Waals surface area contributed by atoms with Gasteiger partial charge in [0, 0.05) is 11.8 Å². The topological polar surface area (TPSA) is 35.0 Å². The number of ether oxygens (including phenoxy) is 1. The van der Waals surface area contributed by atoms with Crippen molar-refractivity contribution in [3.63, 3.8) is 0 Å². The average molecular weight is 275 g/mol. The van der Waals surface area contributed by atoms with Crippen molar-refractivity contribution in [3.8, 4) is 5.88 Å². The molecular weight excluding hydrogens is 260 g/mol. The number of halogens is 1. The quantitative estimate of drug-likeness (QED) is 0.740. The number of aromatic nitrogens is 2. The van der Waals surface area contributed by atoms with Crippen LogP contribution in [0.5, 0.6) is 5.88 Å². The van der Waals surface area contributed by atoms with Gasteiger partial charge in [-0.3, -0.25) is 4.98 Å². The van der Waals surface area contributed by atoms with Crippen LogP contribution in [0.3, 0.4) is 0 Å². The smallest absolute Gasteiger partial charge is 0.218 e. The van der Waals surface area contributed by atoms with E-state index in [-0.39, 0.29) is 6.10 Å². The van der Waals surface area contributed by atoms with Gasteiger partial charge >= 0.3 is 0 Å². The van der Waals surface area contributed by atoms with Crippen LogP contribution in [0.25, 0.3) is 0 Å². The summed E-state index contributed by atoms with van der Waals surface area (Å²) < 4.78 is 6.02. The highest BCUT2D eigenvalue weighted by molar-refractivity contribution is 6.29. The van der Waals surface area contributed by atoms with E-state index in [9.17, 15) is 0 Å². The number of pyridine rings is 2. The maximum absolute atomic E-state index is 6.02. The van der Waals surface area contributed by atoms with E-state index in [1.807, 2.05) is 24.4 Å². The third kappa shape index (κ3) is 2.71. The molecule has 0 amide bonds. The van der Waals surface area contributed by atoms with Gasteiger partial charge < -0.3 is 4.74 Å². The van der Waals surface area contributed by atoms with Crippen molar-refractivity contribution in [1.29, 1.82) is 0 Å². The van der Waals surface area contributed by atoms with Crippen LogP contribution in [0.1, 0.15) is 35.8 Å². The molecule has 1 aliphatic rings. The predicted octanol–water partition coefficient (Wildman–Crippen LogP) is 3.89. The molecule has 0 aliphatic carbocycles. The van der Waals surface area contributed by atoms with Gasteiger partial charge in [0.2, 0.25) is 5.88 Å². The summed E-state index contributed by atoms with van der Waals surface area (Å²) in [4.78, 5) is 8.70. The molecular formula is C15H15ClN2O. The van der Waals surface area contributed by atoms with Crippen LogP contribution in [0.2, 0.25) is 5.15 Å². The summed E-state index contributed by atoms with van der Waals surface area (Å²) in [5.41, 5.74) is 3.28. The first-order valence-electron chi connectivity index (χ1n) is 6.47. The number of hydrogen-bond donors (Lipinski definition) is 0. The maximum atomic E-state index is 6.02. The molecule has 3 nitrogen and oxygen atoms in total. The van der Waals surface area contributed by atoms with Gasteiger partial charge in [0.25, 0.3) is 0 Å². The molecule has 0 bridgehead atoms. The maximum Gasteiger partial charge on any atom is 0.218 e. The molecule has 98 valence electrons. The van der Waals surface area contributed by atoms with Gasteiger partial charge in [-0.1, -0.05) is 17.7 Å². The Kier molecular flexibility index (Phi) is 3.38. The molecule has 3 heterocycles. The Hall–Kier alpha value is -1.61. The fraction of sp³-hybridized carbons (Fsp3) is 0.333. The minimum atomic E-state index is -0.0351. The second-order valence-corrected chi connectivity index (χ2v) is 5.24. The second kappa shape index (κ2) is 5.17. The zero-order valence-electron chi connectivity index (χ0n) is 10.8. The van der Waals surface area contributed by atoms with Crippen molar-refractivity contribution in [2.75, 3.05) is 0 Å². The van der Waals surface area contributed by atoms with Gasteiger partial charge in [-0.25, -0.2) is 4.98 Å². The van der Waals surface area contributed by atoms with Gasteiger partial charge in [-0.05, 0) is 49.9 Å². The summed E-state index contributed by atoms with van der Waals surface area (Å²) in [6.45, 7) is 2.06. The molecule has 0 saturated carbocycles. The van der Waals surface area contributed by atoms with E-state index in [4.69, 9.17) is 16.3 Å². The van der Waals surface area contributed by atoms with Gasteiger partial charge in [0.15, 0.2) is 0 Å². The van der Waals surface area contributed by atoms with Crippen LogP contribution >= 0.6 is 11.6 Å². The van der Waals surface area contributed by atoms with E-state index in [0.717, 1.165) is 30.5 Å². The summed E-state index contributed by atoms with van der Waals surface area (Å²) in [6, 6.07) is 7.87. The fourth-order valence-electron chi connectivity index (χ4n) is 2.35. The van der Waals surface area contributed by atoms with Crippen molar-refractivity contribution >= 4 is 11.6 Å². The van der Waals surface area contributed by atoms with Crippen LogP contribution in [-0.4, -0.2) is 9.97 Å². The van der Waals surface area contributed by atoms with Crippen molar-refractivity contribution in [1.82, 2.24) is 9.97 Å². The van der Waals surface area contributed by atoms with Crippen LogP contribution in [0.4, 0.5) is 0 Å². The van der Waals surface area contributed by atoms with Crippen molar-refractivity contribution in [2.24, 2.45) is 0 Å². The molecule has 2 aromatic rings. The van der Waals surface area contributed by atoms with Gasteiger partial charge in [-0.15, -0.1) is 0 Å². The number of nitrogens with zero attached hydrogens (tertiary/aromatic N) is 2. The van der Waals surface area contributed by atoms with Crippen molar-refractivity contribution in [3.05, 3.63) is 52.4 Å². The molecule has 1 aliphatic heterocycles. The minimum Gasteiger partial charge on any atom is -0.468 e. The normalized spacial score (nSPS) is 18.3. The molecule has 2 aromatic heterocycles. The summed E-state index contributed by atoms with van der Waals surface area (Å²) in [7, 11) is 0. The summed E-state index contributed by atoms with van der Waals surface area (Å²) >= 11 is 5.94. The van der Waals surface area contributed by atoms with Crippen LogP contribution in [0.15, 0.2) is 30.5 Å². The van der Waals surface area contributed by atoms with E-state index in [1.165, 1.54) is 5.56 Å². The highest BCUT2D eigenvalue weighted by Gasteiger charge is 2.21. The monoisotopic (exact) mass is 274 g/mol. The Morgan fingerprint density at radius 3 is 3.05 bits per heavy atom. The van der Waals surface area contributed by atoms with Crippen LogP contribution in [-0.2, 0) is 6.42 Å². The zero-order chi connectivity index (χ0) is 13.2. The Balaban J connectivity index is 1.93. The van der Waals surface area contributed by atoms with Crippen LogP contribution in [0, 0.1) is 6.92 Å². The van der Waals surface area contributed by atoms with E-state index < -0.39 is 0 Å². The molecule has 0 N–H and O–H groups in total. The summed E-state index contributed by atoms with van der Waals surface area (Å²) in [5.74, 6) is 0.651. The highest BCUT2D eigenvalue weighted by Crippen LogP contribution is 2.32. The molecule has 0 saturated heterocycles. The molecule has 0 fully saturated rings. The van der Waals surface area contributed by atoms with E-state index in [1.54, 1.807) is 0 Å². The zero-order valence-corrected chi connectivity index (χ0v) is 11.5. The van der Waals surface area contributed by atoms with Crippen LogP contribution < -0.4 is 4.74 Å². The summed E-state index contributed by atoms with van der Waals surface area (Å²) in [5, 5.41) is 0.469. The lowest BCUT2D eigenvalue weighted by molar-refractivity contribution is 0.187. The fourth-order valence-corrected chi connectivity index (χ4v) is 2.49. The number of hydrogen-bond acceptors (Lipinski definition) is 3. The number of aryl methyl sites for hydroxylation is 2. The van der Waals surface area contributed by atoms with Crippen molar-refractivity contribution in [2.45, 2.75) is 32.3 Å². The molecule has 1 atom stereocenters. The first-order valence-corrected chi connectivity index (χ1v) is 6.85. The minimum absolute atomic E-state index is 0.0351. The third-order valence-corrected chi connectivity index (χ3v) is 3.55. The first-order chi connectivity index (χ1) is 9.22. The largest absolute Gasteiger partial charge is 0.468 e. The Morgan fingerprint density at radius 2 is 2.21 bits per heavy atom. The third-order valence-electron chi connectivity index (χ3n) is 3.34. The highest BCUT2D eigenvalue weighted by atomic mass is 35.5.